The second-order valence-corrected chi connectivity index (χ2v) is 4.72. The Morgan fingerprint density at radius 2 is 2.05 bits per heavy atom. The lowest BCUT2D eigenvalue weighted by atomic mass is 10.1. The van der Waals surface area contributed by atoms with Crippen LogP contribution in [0.25, 0.3) is 0 Å². The van der Waals surface area contributed by atoms with Gasteiger partial charge in [0.15, 0.2) is 0 Å². The molecule has 0 fully saturated rings. The molecule has 1 heterocycles. The van der Waals surface area contributed by atoms with Crippen LogP contribution in [0.2, 0.25) is 0 Å². The Kier molecular flexibility index (Phi) is 6.61. The molecule has 0 aromatic carbocycles. The van der Waals surface area contributed by atoms with Gasteiger partial charge in [-0.1, -0.05) is 13.3 Å². The number of hydrogen-bond acceptors (Lipinski definition) is 5. The molecule has 1 atom stereocenters. The minimum absolute atomic E-state index is 0.217. The SMILES string of the molecule is CCCc1cc(C(=O)NC(C)C(=O)NCC)cc(NN)n1. The zero-order valence-electron chi connectivity index (χ0n) is 12.7. The maximum absolute atomic E-state index is 12.2. The standard InChI is InChI=1S/C14H23N5O2/c1-4-6-11-7-10(8-12(18-11)19-15)14(21)17-9(3)13(20)16-5-2/h7-9H,4-6,15H2,1-3H3,(H,16,20)(H,17,21)(H,18,19). The first-order valence-electron chi connectivity index (χ1n) is 7.07. The van der Waals surface area contributed by atoms with E-state index in [9.17, 15) is 9.59 Å². The van der Waals surface area contributed by atoms with Gasteiger partial charge >= 0.3 is 0 Å². The molecule has 1 aromatic rings. The molecule has 1 rings (SSSR count). The van der Waals surface area contributed by atoms with E-state index in [0.29, 0.717) is 17.9 Å². The number of likely N-dealkylation sites (N-methyl/N-ethyl adjacent to an activating group) is 1. The van der Waals surface area contributed by atoms with Crippen LogP contribution < -0.4 is 21.9 Å². The number of carbonyl (C=O) groups excluding carboxylic acids is 2. The number of nitrogens with one attached hydrogen (secondary N) is 3. The van der Waals surface area contributed by atoms with Gasteiger partial charge in [-0.25, -0.2) is 10.8 Å². The number of rotatable bonds is 7. The van der Waals surface area contributed by atoms with Gasteiger partial charge in [0.05, 0.1) is 0 Å². The zero-order valence-corrected chi connectivity index (χ0v) is 12.7. The number of pyridine rings is 1. The van der Waals surface area contributed by atoms with Crippen LogP contribution in [0.15, 0.2) is 12.1 Å². The Bertz CT molecular complexity index is 504. The summed E-state index contributed by atoms with van der Waals surface area (Å²) in [7, 11) is 0. The summed E-state index contributed by atoms with van der Waals surface area (Å²) in [6, 6.07) is 2.66. The Hall–Kier alpha value is -2.15. The van der Waals surface area contributed by atoms with Crippen molar-refractivity contribution in [3.05, 3.63) is 23.4 Å². The van der Waals surface area contributed by atoms with Crippen molar-refractivity contribution in [2.75, 3.05) is 12.0 Å². The van der Waals surface area contributed by atoms with Crippen molar-refractivity contribution >= 4 is 17.6 Å². The monoisotopic (exact) mass is 293 g/mol. The maximum atomic E-state index is 12.2. The van der Waals surface area contributed by atoms with Crippen molar-refractivity contribution in [3.63, 3.8) is 0 Å². The molecule has 0 aliphatic rings. The predicted octanol–water partition coefficient (Wildman–Crippen LogP) is 0.574. The van der Waals surface area contributed by atoms with Crippen molar-refractivity contribution < 1.29 is 9.59 Å². The molecule has 7 nitrogen and oxygen atoms in total. The smallest absolute Gasteiger partial charge is 0.252 e. The molecule has 21 heavy (non-hydrogen) atoms. The highest BCUT2D eigenvalue weighted by atomic mass is 16.2. The summed E-state index contributed by atoms with van der Waals surface area (Å²) in [6.45, 7) is 6.02. The molecular weight excluding hydrogens is 270 g/mol. The van der Waals surface area contributed by atoms with E-state index in [1.54, 1.807) is 19.1 Å². The van der Waals surface area contributed by atoms with Gasteiger partial charge < -0.3 is 16.1 Å². The molecule has 2 amide bonds. The Morgan fingerprint density at radius 1 is 1.33 bits per heavy atom. The average Bonchev–Trinajstić information content (AvgIpc) is 2.47. The normalized spacial score (nSPS) is 11.6. The summed E-state index contributed by atoms with van der Waals surface area (Å²) in [6.07, 6.45) is 1.67. The molecule has 0 aliphatic heterocycles. The minimum atomic E-state index is -0.602. The fourth-order valence-electron chi connectivity index (χ4n) is 1.85. The summed E-state index contributed by atoms with van der Waals surface area (Å²) in [5.41, 5.74) is 3.66. The highest BCUT2D eigenvalue weighted by molar-refractivity contribution is 5.98. The van der Waals surface area contributed by atoms with Crippen LogP contribution in [0.3, 0.4) is 0 Å². The average molecular weight is 293 g/mol. The van der Waals surface area contributed by atoms with Gasteiger partial charge in [0.1, 0.15) is 11.9 Å². The molecule has 1 unspecified atom stereocenters. The predicted molar refractivity (Wildman–Crippen MR) is 81.7 cm³/mol. The Labute approximate surface area is 124 Å². The van der Waals surface area contributed by atoms with Gasteiger partial charge in [-0.2, -0.15) is 0 Å². The van der Waals surface area contributed by atoms with Crippen LogP contribution in [0.1, 0.15) is 43.2 Å². The highest BCUT2D eigenvalue weighted by Gasteiger charge is 2.17. The first-order valence-corrected chi connectivity index (χ1v) is 7.07. The third-order valence-corrected chi connectivity index (χ3v) is 2.89. The second kappa shape index (κ2) is 8.21. The molecule has 0 radical (unpaired) electrons. The van der Waals surface area contributed by atoms with Gasteiger partial charge in [-0.3, -0.25) is 9.59 Å². The first-order chi connectivity index (χ1) is 10.0. The van der Waals surface area contributed by atoms with Crippen LogP contribution in [0.5, 0.6) is 0 Å². The minimum Gasteiger partial charge on any atom is -0.355 e. The number of nitrogens with two attached hydrogens (primary N) is 1. The first kappa shape index (κ1) is 16.9. The number of aryl methyl sites for hydroxylation is 1. The van der Waals surface area contributed by atoms with Gasteiger partial charge in [-0.15, -0.1) is 0 Å². The molecule has 0 spiro atoms. The third kappa shape index (κ3) is 5.03. The number of hydrogen-bond donors (Lipinski definition) is 4. The number of hydrazine groups is 1. The Balaban J connectivity index is 2.86. The summed E-state index contributed by atoms with van der Waals surface area (Å²) in [5, 5.41) is 5.31. The van der Waals surface area contributed by atoms with E-state index in [1.165, 1.54) is 0 Å². The van der Waals surface area contributed by atoms with Crippen LogP contribution in [-0.2, 0) is 11.2 Å². The van der Waals surface area contributed by atoms with Crippen molar-refractivity contribution in [2.24, 2.45) is 5.84 Å². The fourth-order valence-corrected chi connectivity index (χ4v) is 1.85. The lowest BCUT2D eigenvalue weighted by Crippen LogP contribution is -2.44. The van der Waals surface area contributed by atoms with Crippen molar-refractivity contribution in [3.8, 4) is 0 Å². The molecule has 116 valence electrons. The molecule has 0 saturated carbocycles. The lowest BCUT2D eigenvalue weighted by Gasteiger charge is -2.14. The van der Waals surface area contributed by atoms with E-state index in [4.69, 9.17) is 5.84 Å². The number of nitrogens with zero attached hydrogens (tertiary/aromatic N) is 1. The van der Waals surface area contributed by atoms with E-state index in [2.05, 4.69) is 21.0 Å². The molecule has 7 heteroatoms. The number of carbonyl (C=O) groups is 2. The van der Waals surface area contributed by atoms with E-state index < -0.39 is 6.04 Å². The number of amides is 2. The third-order valence-electron chi connectivity index (χ3n) is 2.89. The number of nitrogen functional groups attached to an aromatic ring is 1. The highest BCUT2D eigenvalue weighted by Crippen LogP contribution is 2.11. The van der Waals surface area contributed by atoms with E-state index in [0.717, 1.165) is 18.5 Å². The van der Waals surface area contributed by atoms with Crippen molar-refractivity contribution in [2.45, 2.75) is 39.7 Å². The second-order valence-electron chi connectivity index (χ2n) is 4.72. The lowest BCUT2D eigenvalue weighted by molar-refractivity contribution is -0.122. The number of aromatic nitrogens is 1. The summed E-state index contributed by atoms with van der Waals surface area (Å²) >= 11 is 0. The largest absolute Gasteiger partial charge is 0.355 e. The van der Waals surface area contributed by atoms with Crippen LogP contribution in [-0.4, -0.2) is 29.4 Å². The summed E-state index contributed by atoms with van der Waals surface area (Å²) in [5.74, 6) is 5.25. The molecule has 0 aliphatic carbocycles. The summed E-state index contributed by atoms with van der Waals surface area (Å²) < 4.78 is 0. The molecular formula is C14H23N5O2. The van der Waals surface area contributed by atoms with Gasteiger partial charge in [0, 0.05) is 17.8 Å². The van der Waals surface area contributed by atoms with E-state index in [1.807, 2.05) is 13.8 Å². The number of anilines is 1. The summed E-state index contributed by atoms with van der Waals surface area (Å²) in [4.78, 5) is 28.1. The van der Waals surface area contributed by atoms with E-state index >= 15 is 0 Å². The molecule has 0 saturated heterocycles. The van der Waals surface area contributed by atoms with Gasteiger partial charge in [0.2, 0.25) is 5.91 Å². The molecule has 0 bridgehead atoms. The topological polar surface area (TPSA) is 109 Å². The Morgan fingerprint density at radius 3 is 2.62 bits per heavy atom. The fraction of sp³-hybridized carbons (Fsp3) is 0.500. The quantitative estimate of drug-likeness (QED) is 0.434. The molecule has 1 aromatic heterocycles. The van der Waals surface area contributed by atoms with Crippen LogP contribution >= 0.6 is 0 Å². The van der Waals surface area contributed by atoms with Gasteiger partial charge in [-0.05, 0) is 32.4 Å². The maximum Gasteiger partial charge on any atom is 0.252 e. The van der Waals surface area contributed by atoms with Crippen molar-refractivity contribution in [1.82, 2.24) is 15.6 Å². The van der Waals surface area contributed by atoms with Gasteiger partial charge in [0.25, 0.3) is 5.91 Å². The molecule has 5 N–H and O–H groups in total. The van der Waals surface area contributed by atoms with E-state index in [-0.39, 0.29) is 11.8 Å². The van der Waals surface area contributed by atoms with Crippen molar-refractivity contribution in [1.29, 1.82) is 0 Å². The van der Waals surface area contributed by atoms with Crippen LogP contribution in [0.4, 0.5) is 5.82 Å². The zero-order chi connectivity index (χ0) is 15.8. The van der Waals surface area contributed by atoms with Crippen LogP contribution in [0, 0.1) is 0 Å².